The molecule has 26 heavy (non-hydrogen) atoms. The van der Waals surface area contributed by atoms with Gasteiger partial charge in [-0.1, -0.05) is 6.42 Å². The second-order valence-corrected chi connectivity index (χ2v) is 7.16. The van der Waals surface area contributed by atoms with Gasteiger partial charge in [-0.25, -0.2) is 4.79 Å². The van der Waals surface area contributed by atoms with Gasteiger partial charge < -0.3 is 15.0 Å². The maximum Gasteiger partial charge on any atom is 0.417 e. The van der Waals surface area contributed by atoms with Crippen LogP contribution in [0.25, 0.3) is 0 Å². The molecule has 1 saturated carbocycles. The number of carbonyl (C=O) groups is 2. The molecule has 1 N–H and O–H groups in total. The number of nitrogens with one attached hydrogen (secondary N) is 1. The zero-order valence-corrected chi connectivity index (χ0v) is 15.5. The molecule has 0 spiro atoms. The molecule has 6 heteroatoms. The van der Waals surface area contributed by atoms with E-state index in [0.29, 0.717) is 12.5 Å². The van der Waals surface area contributed by atoms with Crippen molar-refractivity contribution in [3.63, 3.8) is 0 Å². The molecular formula is C20H29N3O3. The largest absolute Gasteiger partial charge is 0.449 e. The number of ether oxygens (including phenoxy) is 1. The highest BCUT2D eigenvalue weighted by Gasteiger charge is 2.27. The summed E-state index contributed by atoms with van der Waals surface area (Å²) in [6, 6.07) is 0. The Bertz CT molecular complexity index is 599. The van der Waals surface area contributed by atoms with Crippen LogP contribution in [0.2, 0.25) is 0 Å². The summed E-state index contributed by atoms with van der Waals surface area (Å²) < 4.78 is 5.01. The Morgan fingerprint density at radius 2 is 1.96 bits per heavy atom. The predicted octanol–water partition coefficient (Wildman–Crippen LogP) is 3.00. The van der Waals surface area contributed by atoms with Crippen LogP contribution < -0.4 is 5.32 Å². The van der Waals surface area contributed by atoms with Gasteiger partial charge in [-0.15, -0.1) is 0 Å². The van der Waals surface area contributed by atoms with Crippen molar-refractivity contribution in [1.82, 2.24) is 15.1 Å². The molecule has 0 unspecified atom stereocenters. The molecule has 2 heterocycles. The van der Waals surface area contributed by atoms with Crippen LogP contribution in [0, 0.1) is 11.8 Å². The molecule has 0 bridgehead atoms. The lowest BCUT2D eigenvalue weighted by atomic mass is 9.85. The van der Waals surface area contributed by atoms with E-state index in [1.54, 1.807) is 19.3 Å². The Morgan fingerprint density at radius 1 is 1.19 bits per heavy atom. The number of likely N-dealkylation sites (tertiary alicyclic amines) is 1. The fourth-order valence-electron chi connectivity index (χ4n) is 3.51. The van der Waals surface area contributed by atoms with Gasteiger partial charge in [0, 0.05) is 43.6 Å². The van der Waals surface area contributed by atoms with E-state index in [0.717, 1.165) is 38.2 Å². The van der Waals surface area contributed by atoms with Crippen LogP contribution in [-0.2, 0) is 9.53 Å². The predicted molar refractivity (Wildman–Crippen MR) is 99.9 cm³/mol. The zero-order valence-electron chi connectivity index (χ0n) is 15.5. The van der Waals surface area contributed by atoms with Crippen molar-refractivity contribution >= 4 is 12.0 Å². The number of hydrogen-bond acceptors (Lipinski definition) is 4. The molecule has 2 aliphatic heterocycles. The van der Waals surface area contributed by atoms with Crippen LogP contribution in [0.4, 0.5) is 4.79 Å². The van der Waals surface area contributed by atoms with Gasteiger partial charge >= 0.3 is 6.09 Å². The van der Waals surface area contributed by atoms with Crippen molar-refractivity contribution in [2.45, 2.75) is 39.0 Å². The Kier molecular flexibility index (Phi) is 6.36. The lowest BCUT2D eigenvalue weighted by Crippen LogP contribution is -2.41. The molecule has 0 aromatic heterocycles. The molecule has 3 rings (SSSR count). The molecule has 1 aliphatic carbocycles. The third kappa shape index (κ3) is 4.68. The van der Waals surface area contributed by atoms with Crippen molar-refractivity contribution < 1.29 is 14.3 Å². The first-order valence-electron chi connectivity index (χ1n) is 9.72. The SMILES string of the molecule is CCOC(=O)N1C=CC=C(N2CCC(C(=O)NCC3CCC3)CC2)C=C1. The van der Waals surface area contributed by atoms with Crippen molar-refractivity contribution in [2.24, 2.45) is 11.8 Å². The molecule has 6 nitrogen and oxygen atoms in total. The molecule has 0 aromatic rings. The van der Waals surface area contributed by atoms with E-state index < -0.39 is 0 Å². The number of hydrogen-bond donors (Lipinski definition) is 1. The van der Waals surface area contributed by atoms with Crippen LogP contribution >= 0.6 is 0 Å². The first-order valence-corrected chi connectivity index (χ1v) is 9.72. The maximum atomic E-state index is 12.3. The number of allylic oxidation sites excluding steroid dienone is 3. The van der Waals surface area contributed by atoms with Gasteiger partial charge in [0.15, 0.2) is 0 Å². The summed E-state index contributed by atoms with van der Waals surface area (Å²) in [6.07, 6.45) is 14.4. The Labute approximate surface area is 155 Å². The second kappa shape index (κ2) is 8.92. The molecule has 2 amide bonds. The fourth-order valence-corrected chi connectivity index (χ4v) is 3.51. The van der Waals surface area contributed by atoms with E-state index in [1.165, 1.54) is 24.2 Å². The normalized spacial score (nSPS) is 21.0. The van der Waals surface area contributed by atoms with Gasteiger partial charge in [0.2, 0.25) is 5.91 Å². The van der Waals surface area contributed by atoms with Crippen LogP contribution in [0.3, 0.4) is 0 Å². The van der Waals surface area contributed by atoms with Gasteiger partial charge in [-0.2, -0.15) is 0 Å². The van der Waals surface area contributed by atoms with E-state index in [-0.39, 0.29) is 17.9 Å². The van der Waals surface area contributed by atoms with Gasteiger partial charge in [0.1, 0.15) is 0 Å². The minimum absolute atomic E-state index is 0.119. The quantitative estimate of drug-likeness (QED) is 0.820. The second-order valence-electron chi connectivity index (χ2n) is 7.16. The summed E-state index contributed by atoms with van der Waals surface area (Å²) in [5.74, 6) is 1.04. The van der Waals surface area contributed by atoms with E-state index in [2.05, 4.69) is 10.2 Å². The standard InChI is InChI=1S/C20H29N3O3/c1-2-26-20(25)23-11-4-7-18(10-14-23)22-12-8-17(9-13-22)19(24)21-15-16-5-3-6-16/h4,7,10-11,14,16-17H,2-3,5-6,8-9,12-13,15H2,1H3,(H,21,24). The first-order chi connectivity index (χ1) is 12.7. The maximum absolute atomic E-state index is 12.3. The number of rotatable bonds is 5. The Morgan fingerprint density at radius 3 is 2.62 bits per heavy atom. The summed E-state index contributed by atoms with van der Waals surface area (Å²) >= 11 is 0. The summed E-state index contributed by atoms with van der Waals surface area (Å²) in [6.45, 7) is 4.70. The average Bonchev–Trinajstić information content (AvgIpc) is 2.87. The van der Waals surface area contributed by atoms with Crippen LogP contribution in [0.5, 0.6) is 0 Å². The highest BCUT2D eigenvalue weighted by atomic mass is 16.5. The van der Waals surface area contributed by atoms with E-state index in [9.17, 15) is 9.59 Å². The average molecular weight is 359 g/mol. The Balaban J connectivity index is 1.46. The number of amides is 2. The third-order valence-electron chi connectivity index (χ3n) is 5.42. The van der Waals surface area contributed by atoms with Crippen molar-refractivity contribution in [3.8, 4) is 0 Å². The van der Waals surface area contributed by atoms with Crippen LogP contribution in [0.15, 0.2) is 36.3 Å². The minimum Gasteiger partial charge on any atom is -0.449 e. The van der Waals surface area contributed by atoms with E-state index in [4.69, 9.17) is 4.74 Å². The number of piperidine rings is 1. The molecule has 1 saturated heterocycles. The Hall–Kier alpha value is -2.24. The summed E-state index contributed by atoms with van der Waals surface area (Å²) in [7, 11) is 0. The van der Waals surface area contributed by atoms with Gasteiger partial charge in [-0.05, 0) is 56.8 Å². The highest BCUT2D eigenvalue weighted by molar-refractivity contribution is 5.78. The number of carbonyl (C=O) groups excluding carboxylic acids is 2. The highest BCUT2D eigenvalue weighted by Crippen LogP contribution is 2.26. The van der Waals surface area contributed by atoms with Crippen molar-refractivity contribution in [2.75, 3.05) is 26.2 Å². The topological polar surface area (TPSA) is 61.9 Å². The number of nitrogens with zero attached hydrogens (tertiary/aromatic N) is 2. The molecule has 0 atom stereocenters. The van der Waals surface area contributed by atoms with Gasteiger partial charge in [0.05, 0.1) is 6.61 Å². The van der Waals surface area contributed by atoms with E-state index >= 15 is 0 Å². The first kappa shape index (κ1) is 18.5. The molecule has 142 valence electrons. The van der Waals surface area contributed by atoms with Gasteiger partial charge in [0.25, 0.3) is 0 Å². The monoisotopic (exact) mass is 359 g/mol. The molecule has 0 radical (unpaired) electrons. The lowest BCUT2D eigenvalue weighted by Gasteiger charge is -2.34. The molecule has 0 aromatic carbocycles. The van der Waals surface area contributed by atoms with Gasteiger partial charge in [-0.3, -0.25) is 9.69 Å². The minimum atomic E-state index is -0.378. The van der Waals surface area contributed by atoms with Crippen LogP contribution in [0.1, 0.15) is 39.0 Å². The summed E-state index contributed by atoms with van der Waals surface area (Å²) in [4.78, 5) is 27.8. The molecule has 2 fully saturated rings. The smallest absolute Gasteiger partial charge is 0.417 e. The van der Waals surface area contributed by atoms with Crippen molar-refractivity contribution in [3.05, 3.63) is 36.3 Å². The molecule has 3 aliphatic rings. The third-order valence-corrected chi connectivity index (χ3v) is 5.42. The van der Waals surface area contributed by atoms with Crippen molar-refractivity contribution in [1.29, 1.82) is 0 Å². The van der Waals surface area contributed by atoms with E-state index in [1.807, 2.05) is 18.2 Å². The van der Waals surface area contributed by atoms with Crippen LogP contribution in [-0.4, -0.2) is 48.0 Å². The lowest BCUT2D eigenvalue weighted by molar-refractivity contribution is -0.126. The summed E-state index contributed by atoms with van der Waals surface area (Å²) in [5.41, 5.74) is 1.06. The fraction of sp³-hybridized carbons (Fsp3) is 0.600. The summed E-state index contributed by atoms with van der Waals surface area (Å²) in [5, 5.41) is 3.13. The molecular weight excluding hydrogens is 330 g/mol. The zero-order chi connectivity index (χ0) is 18.4.